The van der Waals surface area contributed by atoms with E-state index in [0.717, 1.165) is 18.2 Å². The average molecular weight is 260 g/mol. The Morgan fingerprint density at radius 2 is 1.71 bits per heavy atom. The number of hydrogen-bond acceptors (Lipinski definition) is 2. The Morgan fingerprint density at radius 3 is 2.21 bits per heavy atom. The van der Waals surface area contributed by atoms with E-state index in [0.29, 0.717) is 19.4 Å². The number of carbonyl (C=O) groups is 2. The first kappa shape index (κ1) is 11.4. The van der Waals surface area contributed by atoms with Crippen molar-refractivity contribution in [1.29, 1.82) is 0 Å². The number of nitrogens with zero attached hydrogens (tertiary/aromatic N) is 1. The summed E-state index contributed by atoms with van der Waals surface area (Å²) in [4.78, 5) is 24.3. The van der Waals surface area contributed by atoms with E-state index >= 15 is 0 Å². The van der Waals surface area contributed by atoms with Crippen LogP contribution in [0.5, 0.6) is 0 Å². The van der Waals surface area contributed by atoms with Gasteiger partial charge in [-0.2, -0.15) is 0 Å². The monoisotopic (exact) mass is 259 g/mol. The summed E-state index contributed by atoms with van der Waals surface area (Å²) in [7, 11) is 0. The van der Waals surface area contributed by atoms with Crippen molar-refractivity contribution in [3.8, 4) is 0 Å². The molecule has 0 bridgehead atoms. The Kier molecular flexibility index (Phi) is 4.87. The lowest BCUT2D eigenvalue weighted by atomic mass is 10.2. The highest BCUT2D eigenvalue weighted by molar-refractivity contribution is 9.09. The normalized spacial score (nSPS) is 19.1. The number of likely N-dealkylation sites (tertiary alicyclic amines) is 1. The molecule has 0 aromatic rings. The minimum atomic E-state index is -0.0354. The van der Waals surface area contributed by atoms with Gasteiger partial charge in [-0.1, -0.05) is 28.1 Å². The molecule has 1 saturated heterocycles. The van der Waals surface area contributed by atoms with E-state index < -0.39 is 0 Å². The Bertz CT molecular complexity index is 233. The molecule has 0 aromatic heterocycles. The number of halogens is 1. The number of rotatable bonds is 3. The Hall–Kier alpha value is -0.640. The summed E-state index contributed by atoms with van der Waals surface area (Å²) < 4.78 is 0. The van der Waals surface area contributed by atoms with E-state index in [1.54, 1.807) is 0 Å². The summed E-state index contributed by atoms with van der Waals surface area (Å²) in [5.41, 5.74) is 0. The molecule has 0 atom stereocenters. The molecule has 0 radical (unpaired) electrons. The predicted molar refractivity (Wildman–Crippen MR) is 58.1 cm³/mol. The summed E-state index contributed by atoms with van der Waals surface area (Å²) in [6.45, 7) is 0.420. The molecule has 1 fully saturated rings. The van der Waals surface area contributed by atoms with Crippen LogP contribution in [0.25, 0.3) is 0 Å². The van der Waals surface area contributed by atoms with Crippen LogP contribution in [0.3, 0.4) is 0 Å². The van der Waals surface area contributed by atoms with Gasteiger partial charge in [-0.15, -0.1) is 0 Å². The van der Waals surface area contributed by atoms with Crippen molar-refractivity contribution in [2.24, 2.45) is 0 Å². The summed E-state index contributed by atoms with van der Waals surface area (Å²) >= 11 is 3.24. The minimum Gasteiger partial charge on any atom is -0.279 e. The van der Waals surface area contributed by atoms with Gasteiger partial charge in [0, 0.05) is 24.7 Å². The van der Waals surface area contributed by atoms with Gasteiger partial charge in [0.15, 0.2) is 0 Å². The molecule has 4 heteroatoms. The van der Waals surface area contributed by atoms with Gasteiger partial charge < -0.3 is 0 Å². The zero-order valence-corrected chi connectivity index (χ0v) is 9.63. The first-order valence-electron chi connectivity index (χ1n) is 4.80. The average Bonchev–Trinajstić information content (AvgIpc) is 2.32. The van der Waals surface area contributed by atoms with Crippen LogP contribution in [0.2, 0.25) is 0 Å². The standard InChI is InChI=1S/C10H14BrNO2/c11-7-3-4-8-12-9(13)5-1-2-6-10(12)14/h3-4H,1-2,5-8H2/b4-3-. The topological polar surface area (TPSA) is 37.4 Å². The summed E-state index contributed by atoms with van der Waals surface area (Å²) in [6, 6.07) is 0. The highest BCUT2D eigenvalue weighted by Crippen LogP contribution is 2.12. The van der Waals surface area contributed by atoms with Crippen molar-refractivity contribution in [3.05, 3.63) is 12.2 Å². The maximum absolute atomic E-state index is 11.5. The zero-order chi connectivity index (χ0) is 10.4. The van der Waals surface area contributed by atoms with Crippen LogP contribution in [0.4, 0.5) is 0 Å². The third kappa shape index (κ3) is 3.25. The quantitative estimate of drug-likeness (QED) is 0.441. The number of imide groups is 1. The van der Waals surface area contributed by atoms with E-state index in [9.17, 15) is 9.59 Å². The van der Waals surface area contributed by atoms with Crippen molar-refractivity contribution in [1.82, 2.24) is 4.90 Å². The maximum atomic E-state index is 11.5. The smallest absolute Gasteiger partial charge is 0.229 e. The second kappa shape index (κ2) is 5.96. The van der Waals surface area contributed by atoms with E-state index in [1.807, 2.05) is 12.2 Å². The van der Waals surface area contributed by atoms with E-state index in [-0.39, 0.29) is 11.8 Å². The van der Waals surface area contributed by atoms with Gasteiger partial charge in [0.25, 0.3) is 0 Å². The van der Waals surface area contributed by atoms with Crippen LogP contribution in [-0.2, 0) is 9.59 Å². The zero-order valence-electron chi connectivity index (χ0n) is 8.04. The van der Waals surface area contributed by atoms with Crippen LogP contribution in [-0.4, -0.2) is 28.6 Å². The number of carbonyl (C=O) groups excluding carboxylic acids is 2. The third-order valence-electron chi connectivity index (χ3n) is 2.18. The minimum absolute atomic E-state index is 0.0354. The molecule has 1 heterocycles. The molecule has 78 valence electrons. The Labute approximate surface area is 92.3 Å². The van der Waals surface area contributed by atoms with Crippen LogP contribution in [0, 0.1) is 0 Å². The molecule has 0 aliphatic carbocycles. The molecule has 2 amide bonds. The molecule has 0 spiro atoms. The third-order valence-corrected chi connectivity index (χ3v) is 2.55. The van der Waals surface area contributed by atoms with Gasteiger partial charge in [0.1, 0.15) is 0 Å². The van der Waals surface area contributed by atoms with Gasteiger partial charge in [0.2, 0.25) is 11.8 Å². The van der Waals surface area contributed by atoms with Gasteiger partial charge >= 0.3 is 0 Å². The Balaban J connectivity index is 2.56. The molecule has 0 unspecified atom stereocenters. The number of hydrogen-bond donors (Lipinski definition) is 0. The van der Waals surface area contributed by atoms with Crippen molar-refractivity contribution in [2.45, 2.75) is 25.7 Å². The summed E-state index contributed by atoms with van der Waals surface area (Å²) in [6.07, 6.45) is 6.43. The molecule has 14 heavy (non-hydrogen) atoms. The van der Waals surface area contributed by atoms with E-state index in [4.69, 9.17) is 0 Å². The van der Waals surface area contributed by atoms with Gasteiger partial charge in [-0.05, 0) is 12.8 Å². The SMILES string of the molecule is O=C1CCCCC(=O)N1C/C=C\CBr. The van der Waals surface area contributed by atoms with Gasteiger partial charge in [0.05, 0.1) is 0 Å². The van der Waals surface area contributed by atoms with E-state index in [2.05, 4.69) is 15.9 Å². The van der Waals surface area contributed by atoms with Crippen molar-refractivity contribution >= 4 is 27.7 Å². The number of amides is 2. The fourth-order valence-corrected chi connectivity index (χ4v) is 1.67. The maximum Gasteiger partial charge on any atom is 0.229 e. The second-order valence-corrected chi connectivity index (χ2v) is 3.88. The van der Waals surface area contributed by atoms with E-state index in [1.165, 1.54) is 4.90 Å². The molecule has 1 aliphatic rings. The highest BCUT2D eigenvalue weighted by Gasteiger charge is 2.22. The Morgan fingerprint density at radius 1 is 1.14 bits per heavy atom. The van der Waals surface area contributed by atoms with Crippen LogP contribution in [0.15, 0.2) is 12.2 Å². The lowest BCUT2D eigenvalue weighted by molar-refractivity contribution is -0.143. The van der Waals surface area contributed by atoms with Crippen LogP contribution >= 0.6 is 15.9 Å². The molecular formula is C10H14BrNO2. The lowest BCUT2D eigenvalue weighted by Crippen LogP contribution is -2.35. The second-order valence-electron chi connectivity index (χ2n) is 3.23. The number of alkyl halides is 1. The molecule has 0 N–H and O–H groups in total. The van der Waals surface area contributed by atoms with Gasteiger partial charge in [-0.3, -0.25) is 14.5 Å². The van der Waals surface area contributed by atoms with Crippen molar-refractivity contribution < 1.29 is 9.59 Å². The fraction of sp³-hybridized carbons (Fsp3) is 0.600. The first-order chi connectivity index (χ1) is 6.75. The molecule has 1 aliphatic heterocycles. The fourth-order valence-electron chi connectivity index (χ4n) is 1.41. The van der Waals surface area contributed by atoms with Crippen molar-refractivity contribution in [3.63, 3.8) is 0 Å². The molecule has 3 nitrogen and oxygen atoms in total. The lowest BCUT2D eigenvalue weighted by Gasteiger charge is -2.15. The highest BCUT2D eigenvalue weighted by atomic mass is 79.9. The molecule has 1 rings (SSSR count). The van der Waals surface area contributed by atoms with Crippen LogP contribution in [0.1, 0.15) is 25.7 Å². The first-order valence-corrected chi connectivity index (χ1v) is 5.92. The number of allylic oxidation sites excluding steroid dienone is 1. The van der Waals surface area contributed by atoms with Crippen molar-refractivity contribution in [2.75, 3.05) is 11.9 Å². The summed E-state index contributed by atoms with van der Waals surface area (Å²) in [5.74, 6) is -0.0709. The van der Waals surface area contributed by atoms with Gasteiger partial charge in [-0.25, -0.2) is 0 Å². The largest absolute Gasteiger partial charge is 0.279 e. The van der Waals surface area contributed by atoms with Crippen LogP contribution < -0.4 is 0 Å². The molecular weight excluding hydrogens is 246 g/mol. The predicted octanol–water partition coefficient (Wildman–Crippen LogP) is 1.87. The molecule has 0 saturated carbocycles. The molecule has 0 aromatic carbocycles. The summed E-state index contributed by atoms with van der Waals surface area (Å²) in [5, 5.41) is 0.753.